The van der Waals surface area contributed by atoms with Crippen LogP contribution in [0, 0.1) is 5.82 Å². The van der Waals surface area contributed by atoms with Crippen LogP contribution in [0.25, 0.3) is 0 Å². The van der Waals surface area contributed by atoms with E-state index in [9.17, 15) is 22.4 Å². The third-order valence-corrected chi connectivity index (χ3v) is 8.24. The Hall–Kier alpha value is -2.98. The van der Waals surface area contributed by atoms with Crippen molar-refractivity contribution in [3.05, 3.63) is 66.0 Å². The van der Waals surface area contributed by atoms with Gasteiger partial charge in [0.25, 0.3) is 0 Å². The number of para-hydroxylation sites is 1. The van der Waals surface area contributed by atoms with Crippen molar-refractivity contribution in [2.24, 2.45) is 0 Å². The van der Waals surface area contributed by atoms with Crippen LogP contribution in [0.5, 0.6) is 0 Å². The Labute approximate surface area is 213 Å². The Morgan fingerprint density at radius 1 is 1.03 bits per heavy atom. The number of carbonyl (C=O) groups is 2. The van der Waals surface area contributed by atoms with Gasteiger partial charge in [-0.1, -0.05) is 50.1 Å². The molecule has 1 aliphatic rings. The minimum atomic E-state index is -4.00. The van der Waals surface area contributed by atoms with Gasteiger partial charge in [-0.25, -0.2) is 8.70 Å². The fourth-order valence-corrected chi connectivity index (χ4v) is 5.44. The highest BCUT2D eigenvalue weighted by atomic mass is 32.2. The zero-order chi connectivity index (χ0) is 26.3. The lowest BCUT2D eigenvalue weighted by Crippen LogP contribution is -2.54. The Morgan fingerprint density at radius 3 is 2.19 bits per heavy atom. The zero-order valence-electron chi connectivity index (χ0n) is 21.1. The van der Waals surface area contributed by atoms with Crippen molar-refractivity contribution in [2.75, 3.05) is 24.9 Å². The fraction of sp³-hybridized carbons (Fsp3) is 0.462. The van der Waals surface area contributed by atoms with Gasteiger partial charge in [0, 0.05) is 26.7 Å². The number of halogens is 1. The average Bonchev–Trinajstić information content (AvgIpc) is 3.36. The van der Waals surface area contributed by atoms with Crippen LogP contribution < -0.4 is 9.62 Å². The van der Waals surface area contributed by atoms with Gasteiger partial charge in [0.05, 0.1) is 5.69 Å². The second-order valence-electron chi connectivity index (χ2n) is 9.19. The van der Waals surface area contributed by atoms with Crippen molar-refractivity contribution in [2.45, 2.75) is 57.7 Å². The summed E-state index contributed by atoms with van der Waals surface area (Å²) in [5, 5.41) is 3.06. The summed E-state index contributed by atoms with van der Waals surface area (Å²) in [4.78, 5) is 28.4. The molecular weight excluding hydrogens is 483 g/mol. The van der Waals surface area contributed by atoms with Crippen LogP contribution in [0.4, 0.5) is 10.1 Å². The molecule has 0 aliphatic heterocycles. The maximum Gasteiger partial charge on any atom is 0.304 e. The van der Waals surface area contributed by atoms with E-state index in [1.54, 1.807) is 42.5 Å². The van der Waals surface area contributed by atoms with Crippen molar-refractivity contribution >= 4 is 27.7 Å². The maximum atomic E-state index is 13.8. The molecule has 1 aliphatic carbocycles. The van der Waals surface area contributed by atoms with Gasteiger partial charge in [-0.15, -0.1) is 0 Å². The molecule has 2 aromatic rings. The number of anilines is 1. The summed E-state index contributed by atoms with van der Waals surface area (Å²) >= 11 is 0. The minimum Gasteiger partial charge on any atom is -0.352 e. The van der Waals surface area contributed by atoms with Crippen LogP contribution in [0.2, 0.25) is 0 Å². The lowest BCUT2D eigenvalue weighted by molar-refractivity contribution is -0.140. The van der Waals surface area contributed by atoms with E-state index in [1.165, 1.54) is 31.1 Å². The molecule has 0 heterocycles. The highest BCUT2D eigenvalue weighted by molar-refractivity contribution is 7.90. The number of nitrogens with one attached hydrogen (secondary N) is 1. The standard InChI is InChI=1S/C26H35FN4O4S/c1-4-24(26(33)28-22-10-8-9-11-22)30(18-20-14-16-21(27)17-15-20)25(32)19-31(36(34,35)29(2)3)23-12-6-5-7-13-23/h5-7,12-17,22,24H,4,8-11,18-19H2,1-3H3,(H,28,33)/t24-/m0/s1. The molecule has 1 N–H and O–H groups in total. The third kappa shape index (κ3) is 6.82. The second kappa shape index (κ2) is 12.3. The number of carbonyl (C=O) groups excluding carboxylic acids is 2. The number of hydrogen-bond acceptors (Lipinski definition) is 4. The van der Waals surface area contributed by atoms with Gasteiger partial charge in [0.2, 0.25) is 11.8 Å². The van der Waals surface area contributed by atoms with Crippen molar-refractivity contribution < 1.29 is 22.4 Å². The first kappa shape index (κ1) is 27.6. The monoisotopic (exact) mass is 518 g/mol. The SMILES string of the molecule is CC[C@@H](C(=O)NC1CCCC1)N(Cc1ccc(F)cc1)C(=O)CN(c1ccccc1)S(=O)(=O)N(C)C. The van der Waals surface area contributed by atoms with Gasteiger partial charge in [-0.05, 0) is 49.1 Å². The number of nitrogens with zero attached hydrogens (tertiary/aromatic N) is 3. The van der Waals surface area contributed by atoms with Gasteiger partial charge < -0.3 is 10.2 Å². The number of hydrogen-bond donors (Lipinski definition) is 1. The second-order valence-corrected chi connectivity index (χ2v) is 11.3. The first-order chi connectivity index (χ1) is 17.1. The van der Waals surface area contributed by atoms with Crippen LogP contribution >= 0.6 is 0 Å². The van der Waals surface area contributed by atoms with Crippen molar-refractivity contribution in [3.8, 4) is 0 Å². The first-order valence-corrected chi connectivity index (χ1v) is 13.6. The highest BCUT2D eigenvalue weighted by Gasteiger charge is 2.34. The van der Waals surface area contributed by atoms with E-state index in [-0.39, 0.29) is 18.5 Å². The summed E-state index contributed by atoms with van der Waals surface area (Å²) in [7, 11) is -1.20. The Morgan fingerprint density at radius 2 is 1.64 bits per heavy atom. The topological polar surface area (TPSA) is 90.0 Å². The molecular formula is C26H35FN4O4S. The van der Waals surface area contributed by atoms with Crippen LogP contribution in [0.1, 0.15) is 44.6 Å². The Kier molecular flexibility index (Phi) is 9.44. The number of amides is 2. The molecule has 2 amide bonds. The molecule has 0 saturated heterocycles. The molecule has 0 aromatic heterocycles. The van der Waals surface area contributed by atoms with Crippen molar-refractivity contribution in [3.63, 3.8) is 0 Å². The lowest BCUT2D eigenvalue weighted by Gasteiger charge is -2.34. The van der Waals surface area contributed by atoms with E-state index >= 15 is 0 Å². The molecule has 0 bridgehead atoms. The number of rotatable bonds is 11. The summed E-state index contributed by atoms with van der Waals surface area (Å²) in [5.74, 6) is -1.20. The maximum absolute atomic E-state index is 13.8. The Balaban J connectivity index is 1.94. The lowest BCUT2D eigenvalue weighted by atomic mass is 10.1. The molecule has 3 rings (SSSR count). The van der Waals surface area contributed by atoms with Crippen LogP contribution in [-0.2, 0) is 26.3 Å². The number of benzene rings is 2. The largest absolute Gasteiger partial charge is 0.352 e. The predicted octanol–water partition coefficient (Wildman–Crippen LogP) is 3.30. The van der Waals surface area contributed by atoms with E-state index < -0.39 is 34.5 Å². The van der Waals surface area contributed by atoms with Crippen molar-refractivity contribution in [1.29, 1.82) is 0 Å². The molecule has 36 heavy (non-hydrogen) atoms. The molecule has 1 fully saturated rings. The fourth-order valence-electron chi connectivity index (χ4n) is 4.38. The summed E-state index contributed by atoms with van der Waals surface area (Å²) < 4.78 is 41.9. The van der Waals surface area contributed by atoms with Crippen LogP contribution in [-0.4, -0.2) is 62.2 Å². The Bertz CT molecular complexity index is 1120. The van der Waals surface area contributed by atoms with E-state index in [2.05, 4.69) is 5.32 Å². The highest BCUT2D eigenvalue weighted by Crippen LogP contribution is 2.22. The molecule has 1 saturated carbocycles. The molecule has 10 heteroatoms. The van der Waals surface area contributed by atoms with E-state index in [0.29, 0.717) is 17.7 Å². The van der Waals surface area contributed by atoms with Crippen molar-refractivity contribution in [1.82, 2.24) is 14.5 Å². The summed E-state index contributed by atoms with van der Waals surface area (Å²) in [6.07, 6.45) is 4.24. The third-order valence-electron chi connectivity index (χ3n) is 6.42. The molecule has 2 aromatic carbocycles. The van der Waals surface area contributed by atoms with Crippen LogP contribution in [0.15, 0.2) is 54.6 Å². The van der Waals surface area contributed by atoms with E-state index in [1.807, 2.05) is 6.92 Å². The quantitative estimate of drug-likeness (QED) is 0.494. The summed E-state index contributed by atoms with van der Waals surface area (Å²) in [6, 6.07) is 13.3. The van der Waals surface area contributed by atoms with E-state index in [4.69, 9.17) is 0 Å². The van der Waals surface area contributed by atoms with Crippen LogP contribution in [0.3, 0.4) is 0 Å². The minimum absolute atomic E-state index is 0.0420. The van der Waals surface area contributed by atoms with Gasteiger partial charge in [-0.2, -0.15) is 12.7 Å². The van der Waals surface area contributed by atoms with E-state index in [0.717, 1.165) is 34.3 Å². The molecule has 0 radical (unpaired) electrons. The molecule has 8 nitrogen and oxygen atoms in total. The molecule has 0 spiro atoms. The normalized spacial score (nSPS) is 15.0. The predicted molar refractivity (Wildman–Crippen MR) is 138 cm³/mol. The zero-order valence-corrected chi connectivity index (χ0v) is 21.9. The van der Waals surface area contributed by atoms with Gasteiger partial charge >= 0.3 is 10.2 Å². The first-order valence-electron chi connectivity index (χ1n) is 12.2. The van der Waals surface area contributed by atoms with Gasteiger partial charge in [0.1, 0.15) is 18.4 Å². The molecule has 0 unspecified atom stereocenters. The smallest absolute Gasteiger partial charge is 0.304 e. The average molecular weight is 519 g/mol. The van der Waals surface area contributed by atoms with Gasteiger partial charge in [-0.3, -0.25) is 9.59 Å². The van der Waals surface area contributed by atoms with Gasteiger partial charge in [0.15, 0.2) is 0 Å². The molecule has 1 atom stereocenters. The molecule has 196 valence electrons. The summed E-state index contributed by atoms with van der Waals surface area (Å²) in [5.41, 5.74) is 0.975. The summed E-state index contributed by atoms with van der Waals surface area (Å²) in [6.45, 7) is 1.37.